The second kappa shape index (κ2) is 8.85. The van der Waals surface area contributed by atoms with Gasteiger partial charge in [-0.2, -0.15) is 22.6 Å². The Morgan fingerprint density at radius 3 is 2.59 bits per heavy atom. The van der Waals surface area contributed by atoms with Crippen LogP contribution < -0.4 is 5.32 Å². The molecule has 1 aliphatic rings. The average Bonchev–Trinajstić information content (AvgIpc) is 3.15. The predicted molar refractivity (Wildman–Crippen MR) is 103 cm³/mol. The Balaban J connectivity index is 1.75. The van der Waals surface area contributed by atoms with Crippen molar-refractivity contribution in [2.75, 3.05) is 19.6 Å². The molecule has 0 spiro atoms. The largest absolute Gasteiger partial charge is 0.435 e. The van der Waals surface area contributed by atoms with Gasteiger partial charge in [0, 0.05) is 25.3 Å². The fourth-order valence-corrected chi connectivity index (χ4v) is 5.36. The molecule has 3 rings (SSSR count). The maximum atomic E-state index is 13.3. The van der Waals surface area contributed by atoms with Gasteiger partial charge in [0.05, 0.1) is 4.90 Å². The fourth-order valence-electron chi connectivity index (χ4n) is 3.53. The van der Waals surface area contributed by atoms with Crippen LogP contribution in [0.3, 0.4) is 0 Å². The topological polar surface area (TPSA) is 67.2 Å². The normalized spacial score (nSPS) is 16.4. The van der Waals surface area contributed by atoms with Crippen LogP contribution in [-0.4, -0.2) is 48.2 Å². The Hall–Kier alpha value is -1.91. The Kier molecular flexibility index (Phi) is 6.65. The summed E-state index contributed by atoms with van der Waals surface area (Å²) in [6.45, 7) is 3.74. The number of rotatable bonds is 7. The Labute approximate surface area is 168 Å². The first-order chi connectivity index (χ1) is 13.7. The second-order valence-electron chi connectivity index (χ2n) is 7.23. The van der Waals surface area contributed by atoms with E-state index in [4.69, 9.17) is 0 Å². The first-order valence-electron chi connectivity index (χ1n) is 9.58. The summed E-state index contributed by atoms with van der Waals surface area (Å²) in [5, 5.41) is 6.76. The van der Waals surface area contributed by atoms with Crippen LogP contribution in [0.5, 0.6) is 0 Å². The highest BCUT2D eigenvalue weighted by Crippen LogP contribution is 2.27. The second-order valence-corrected chi connectivity index (χ2v) is 9.12. The van der Waals surface area contributed by atoms with E-state index in [1.807, 2.05) is 13.0 Å². The molecule has 1 aromatic carbocycles. The molecule has 160 valence electrons. The van der Waals surface area contributed by atoms with Crippen LogP contribution in [0.1, 0.15) is 30.5 Å². The van der Waals surface area contributed by atoms with Crippen molar-refractivity contribution in [1.82, 2.24) is 19.4 Å². The minimum Gasteiger partial charge on any atom is -0.317 e. The number of aryl methyl sites for hydroxylation is 2. The molecule has 0 saturated carbocycles. The van der Waals surface area contributed by atoms with Gasteiger partial charge < -0.3 is 5.32 Å². The highest BCUT2D eigenvalue weighted by atomic mass is 32.2. The lowest BCUT2D eigenvalue weighted by atomic mass is 10.1. The maximum absolute atomic E-state index is 13.3. The summed E-state index contributed by atoms with van der Waals surface area (Å²) in [6, 6.07) is 7.57. The van der Waals surface area contributed by atoms with Gasteiger partial charge in [0.1, 0.15) is 0 Å². The molecule has 0 atom stereocenters. The minimum absolute atomic E-state index is 0.134. The molecule has 1 N–H and O–H groups in total. The molecule has 6 nitrogen and oxygen atoms in total. The van der Waals surface area contributed by atoms with Gasteiger partial charge in [-0.25, -0.2) is 8.42 Å². The monoisotopic (exact) mass is 430 g/mol. The molecule has 0 bridgehead atoms. The van der Waals surface area contributed by atoms with Crippen LogP contribution in [0.2, 0.25) is 0 Å². The van der Waals surface area contributed by atoms with E-state index in [2.05, 4.69) is 10.4 Å². The number of aromatic nitrogens is 2. The van der Waals surface area contributed by atoms with Crippen LogP contribution in [-0.2, 0) is 22.7 Å². The predicted octanol–water partition coefficient (Wildman–Crippen LogP) is 3.04. The molecule has 2 aromatic rings. The van der Waals surface area contributed by atoms with Crippen molar-refractivity contribution in [3.63, 3.8) is 0 Å². The van der Waals surface area contributed by atoms with Gasteiger partial charge in [-0.1, -0.05) is 12.1 Å². The summed E-state index contributed by atoms with van der Waals surface area (Å²) < 4.78 is 67.4. The van der Waals surface area contributed by atoms with Crippen molar-refractivity contribution in [1.29, 1.82) is 0 Å². The van der Waals surface area contributed by atoms with E-state index in [9.17, 15) is 21.6 Å². The number of hydrogen-bond donors (Lipinski definition) is 1. The smallest absolute Gasteiger partial charge is 0.317 e. The number of nitrogens with zero attached hydrogens (tertiary/aromatic N) is 3. The van der Waals surface area contributed by atoms with E-state index >= 15 is 0 Å². The van der Waals surface area contributed by atoms with Crippen LogP contribution in [0.15, 0.2) is 41.4 Å². The number of hydrogen-bond acceptors (Lipinski definition) is 4. The summed E-state index contributed by atoms with van der Waals surface area (Å²) in [4.78, 5) is 0.245. The minimum atomic E-state index is -4.49. The quantitative estimate of drug-likeness (QED) is 0.733. The molecular formula is C19H25F3N4O2S. The van der Waals surface area contributed by atoms with Crippen molar-refractivity contribution >= 4 is 10.0 Å². The van der Waals surface area contributed by atoms with E-state index < -0.39 is 21.9 Å². The molecule has 2 heterocycles. The van der Waals surface area contributed by atoms with Gasteiger partial charge in [0.2, 0.25) is 10.0 Å². The molecule has 1 saturated heterocycles. The van der Waals surface area contributed by atoms with Crippen LogP contribution in [0, 0.1) is 6.92 Å². The van der Waals surface area contributed by atoms with Crippen molar-refractivity contribution in [3.8, 4) is 0 Å². The summed E-state index contributed by atoms with van der Waals surface area (Å²) >= 11 is 0. The van der Waals surface area contributed by atoms with Gasteiger partial charge in [-0.3, -0.25) is 4.68 Å². The van der Waals surface area contributed by atoms with Gasteiger partial charge in [0.25, 0.3) is 0 Å². The van der Waals surface area contributed by atoms with Gasteiger partial charge in [-0.15, -0.1) is 0 Å². The molecule has 1 aromatic heterocycles. The molecule has 0 unspecified atom stereocenters. The molecule has 0 amide bonds. The highest BCUT2D eigenvalue weighted by molar-refractivity contribution is 7.89. The van der Waals surface area contributed by atoms with Crippen LogP contribution in [0.25, 0.3) is 0 Å². The van der Waals surface area contributed by atoms with Crippen molar-refractivity contribution < 1.29 is 21.6 Å². The van der Waals surface area contributed by atoms with Crippen LogP contribution >= 0.6 is 0 Å². The van der Waals surface area contributed by atoms with Gasteiger partial charge in [-0.05, 0) is 63.0 Å². The molecule has 0 aliphatic carbocycles. The molecule has 10 heteroatoms. The summed E-state index contributed by atoms with van der Waals surface area (Å²) in [5.41, 5.74) is -0.0901. The van der Waals surface area contributed by atoms with E-state index in [-0.39, 0.29) is 24.0 Å². The summed E-state index contributed by atoms with van der Waals surface area (Å²) in [6.07, 6.45) is -1.45. The third kappa shape index (κ3) is 5.37. The highest BCUT2D eigenvalue weighted by Gasteiger charge is 2.34. The SMILES string of the molecule is Cc1cccc(S(=O)(=O)N(CCCn2ccc(C(F)(F)F)n2)C2CCNCC2)c1. The lowest BCUT2D eigenvalue weighted by Gasteiger charge is -2.34. The maximum Gasteiger partial charge on any atom is 0.435 e. The van der Waals surface area contributed by atoms with Crippen molar-refractivity contribution in [3.05, 3.63) is 47.8 Å². The van der Waals surface area contributed by atoms with Crippen LogP contribution in [0.4, 0.5) is 13.2 Å². The van der Waals surface area contributed by atoms with Crippen molar-refractivity contribution in [2.45, 2.75) is 49.8 Å². The van der Waals surface area contributed by atoms with Crippen molar-refractivity contribution in [2.24, 2.45) is 0 Å². The molecule has 1 aliphatic heterocycles. The third-order valence-electron chi connectivity index (χ3n) is 5.01. The summed E-state index contributed by atoms with van der Waals surface area (Å²) in [5.74, 6) is 0. The van der Waals surface area contributed by atoms with E-state index in [0.717, 1.165) is 24.7 Å². The van der Waals surface area contributed by atoms with E-state index in [1.165, 1.54) is 15.2 Å². The molecular weight excluding hydrogens is 405 g/mol. The lowest BCUT2D eigenvalue weighted by molar-refractivity contribution is -0.141. The molecule has 1 fully saturated rings. The first kappa shape index (κ1) is 21.8. The molecule has 29 heavy (non-hydrogen) atoms. The van der Waals surface area contributed by atoms with E-state index in [1.54, 1.807) is 18.2 Å². The number of alkyl halides is 3. The average molecular weight is 430 g/mol. The van der Waals surface area contributed by atoms with Gasteiger partial charge in [0.15, 0.2) is 5.69 Å². The Bertz CT molecular complexity index is 922. The zero-order chi connectivity index (χ0) is 21.1. The lowest BCUT2D eigenvalue weighted by Crippen LogP contribution is -2.46. The number of piperidine rings is 1. The van der Waals surface area contributed by atoms with Gasteiger partial charge >= 0.3 is 6.18 Å². The number of benzene rings is 1. The van der Waals surface area contributed by atoms with E-state index in [0.29, 0.717) is 19.3 Å². The number of sulfonamides is 1. The first-order valence-corrected chi connectivity index (χ1v) is 11.0. The third-order valence-corrected chi connectivity index (χ3v) is 6.96. The fraction of sp³-hybridized carbons (Fsp3) is 0.526. The Morgan fingerprint density at radius 1 is 1.24 bits per heavy atom. The molecule has 0 radical (unpaired) electrons. The number of nitrogens with one attached hydrogen (secondary N) is 1. The Morgan fingerprint density at radius 2 is 1.97 bits per heavy atom. The summed E-state index contributed by atoms with van der Waals surface area (Å²) in [7, 11) is -3.70. The standard InChI is InChI=1S/C19H25F3N4O2S/c1-15-4-2-5-17(14-15)29(27,28)26(16-6-9-23-10-7-16)12-3-11-25-13-8-18(24-25)19(20,21)22/h2,4-5,8,13-14,16,23H,3,6-7,9-12H2,1H3. The zero-order valence-electron chi connectivity index (χ0n) is 16.2. The number of halogens is 3. The zero-order valence-corrected chi connectivity index (χ0v) is 17.0.